The standard InChI is InChI=1S/C11H18/c1-8(11-7-9(11)2)6-10-4-3-5-10/h3-4,8-11H,5-7H2,1-2H3. The van der Waals surface area contributed by atoms with E-state index in [1.807, 2.05) is 0 Å². The van der Waals surface area contributed by atoms with Crippen LogP contribution in [0.4, 0.5) is 0 Å². The maximum absolute atomic E-state index is 2.43. The smallest absolute Gasteiger partial charge is 0.0196 e. The van der Waals surface area contributed by atoms with Crippen molar-refractivity contribution in [1.82, 2.24) is 0 Å². The Labute approximate surface area is 69.7 Å². The number of hydrogen-bond donors (Lipinski definition) is 0. The predicted molar refractivity (Wildman–Crippen MR) is 48.3 cm³/mol. The summed E-state index contributed by atoms with van der Waals surface area (Å²) in [4.78, 5) is 0. The van der Waals surface area contributed by atoms with Gasteiger partial charge in [0.15, 0.2) is 0 Å². The van der Waals surface area contributed by atoms with Crippen molar-refractivity contribution in [2.24, 2.45) is 23.7 Å². The molecule has 0 amide bonds. The van der Waals surface area contributed by atoms with Crippen LogP contribution in [0.5, 0.6) is 0 Å². The monoisotopic (exact) mass is 150 g/mol. The van der Waals surface area contributed by atoms with Crippen LogP contribution < -0.4 is 0 Å². The number of allylic oxidation sites excluding steroid dienone is 2. The first-order chi connectivity index (χ1) is 5.27. The summed E-state index contributed by atoms with van der Waals surface area (Å²) in [6, 6.07) is 0. The lowest BCUT2D eigenvalue weighted by molar-refractivity contribution is 0.378. The van der Waals surface area contributed by atoms with Crippen LogP contribution >= 0.6 is 0 Å². The topological polar surface area (TPSA) is 0 Å². The third-order valence-electron chi connectivity index (χ3n) is 3.42. The highest BCUT2D eigenvalue weighted by molar-refractivity contribution is 5.03. The summed E-state index contributed by atoms with van der Waals surface area (Å²) in [5.74, 6) is 4.04. The molecule has 0 aliphatic heterocycles. The Kier molecular flexibility index (Phi) is 1.78. The van der Waals surface area contributed by atoms with Gasteiger partial charge < -0.3 is 0 Å². The predicted octanol–water partition coefficient (Wildman–Crippen LogP) is 3.24. The molecule has 62 valence electrons. The maximum atomic E-state index is 2.43. The zero-order valence-electron chi connectivity index (χ0n) is 7.59. The van der Waals surface area contributed by atoms with Crippen LogP contribution in [0, 0.1) is 23.7 Å². The molecule has 0 aromatic rings. The molecule has 1 fully saturated rings. The molecule has 0 nitrogen and oxygen atoms in total. The van der Waals surface area contributed by atoms with E-state index in [0.717, 1.165) is 23.7 Å². The van der Waals surface area contributed by atoms with Crippen molar-refractivity contribution in [2.45, 2.75) is 33.1 Å². The molecule has 0 N–H and O–H groups in total. The van der Waals surface area contributed by atoms with Gasteiger partial charge in [-0.15, -0.1) is 0 Å². The van der Waals surface area contributed by atoms with Gasteiger partial charge in [-0.25, -0.2) is 0 Å². The van der Waals surface area contributed by atoms with Gasteiger partial charge in [-0.3, -0.25) is 0 Å². The van der Waals surface area contributed by atoms with Crippen molar-refractivity contribution in [3.05, 3.63) is 12.2 Å². The van der Waals surface area contributed by atoms with Gasteiger partial charge in [0.2, 0.25) is 0 Å². The van der Waals surface area contributed by atoms with Crippen molar-refractivity contribution in [2.75, 3.05) is 0 Å². The normalized spacial score (nSPS) is 43.3. The van der Waals surface area contributed by atoms with E-state index >= 15 is 0 Å². The van der Waals surface area contributed by atoms with E-state index in [0.29, 0.717) is 0 Å². The van der Waals surface area contributed by atoms with E-state index in [1.165, 1.54) is 19.3 Å². The van der Waals surface area contributed by atoms with E-state index < -0.39 is 0 Å². The van der Waals surface area contributed by atoms with Crippen molar-refractivity contribution in [3.8, 4) is 0 Å². The second-order valence-electron chi connectivity index (χ2n) is 4.51. The molecule has 11 heavy (non-hydrogen) atoms. The molecule has 4 atom stereocenters. The molecule has 4 unspecified atom stereocenters. The Hall–Kier alpha value is -0.260. The van der Waals surface area contributed by atoms with Gasteiger partial charge in [0.05, 0.1) is 0 Å². The average Bonchev–Trinajstić information content (AvgIpc) is 2.57. The molecule has 2 aliphatic rings. The molecule has 0 heterocycles. The summed E-state index contributed by atoms with van der Waals surface area (Å²) in [6.07, 6.45) is 8.98. The van der Waals surface area contributed by atoms with Crippen LogP contribution in [0.15, 0.2) is 12.2 Å². The van der Waals surface area contributed by atoms with Gasteiger partial charge in [-0.05, 0) is 42.9 Å². The SMILES string of the molecule is CC(CC1C=CC1)C1CC1C. The molecule has 0 radical (unpaired) electrons. The van der Waals surface area contributed by atoms with Gasteiger partial charge in [-0.1, -0.05) is 26.0 Å². The van der Waals surface area contributed by atoms with Crippen molar-refractivity contribution in [1.29, 1.82) is 0 Å². The molecule has 0 bridgehead atoms. The second-order valence-corrected chi connectivity index (χ2v) is 4.51. The summed E-state index contributed by atoms with van der Waals surface area (Å²) in [5, 5.41) is 0. The summed E-state index contributed by atoms with van der Waals surface area (Å²) in [5.41, 5.74) is 0. The van der Waals surface area contributed by atoms with E-state index in [4.69, 9.17) is 0 Å². The highest BCUT2D eigenvalue weighted by Gasteiger charge is 2.37. The first-order valence-electron chi connectivity index (χ1n) is 4.94. The molecule has 1 saturated carbocycles. The fraction of sp³-hybridized carbons (Fsp3) is 0.818. The zero-order chi connectivity index (χ0) is 7.84. The van der Waals surface area contributed by atoms with Crippen molar-refractivity contribution < 1.29 is 0 Å². The third kappa shape index (κ3) is 1.50. The highest BCUT2D eigenvalue weighted by Crippen LogP contribution is 2.46. The van der Waals surface area contributed by atoms with E-state index in [-0.39, 0.29) is 0 Å². The zero-order valence-corrected chi connectivity index (χ0v) is 7.59. The quantitative estimate of drug-likeness (QED) is 0.542. The Balaban J connectivity index is 1.73. The van der Waals surface area contributed by atoms with Gasteiger partial charge in [-0.2, -0.15) is 0 Å². The Morgan fingerprint density at radius 3 is 2.55 bits per heavy atom. The Bertz CT molecular complexity index is 169. The van der Waals surface area contributed by atoms with Crippen LogP contribution in [0.25, 0.3) is 0 Å². The number of hydrogen-bond acceptors (Lipinski definition) is 0. The lowest BCUT2D eigenvalue weighted by atomic mass is 9.84. The minimum Gasteiger partial charge on any atom is -0.0877 e. The summed E-state index contributed by atoms with van der Waals surface area (Å²) in [7, 11) is 0. The molecule has 0 saturated heterocycles. The Morgan fingerprint density at radius 2 is 2.18 bits per heavy atom. The van der Waals surface area contributed by atoms with Gasteiger partial charge in [0.25, 0.3) is 0 Å². The van der Waals surface area contributed by atoms with Crippen LogP contribution in [-0.2, 0) is 0 Å². The molecule has 2 rings (SSSR count). The van der Waals surface area contributed by atoms with Gasteiger partial charge >= 0.3 is 0 Å². The van der Waals surface area contributed by atoms with E-state index in [1.54, 1.807) is 0 Å². The van der Waals surface area contributed by atoms with Gasteiger partial charge in [0.1, 0.15) is 0 Å². The largest absolute Gasteiger partial charge is 0.0877 e. The fourth-order valence-corrected chi connectivity index (χ4v) is 2.30. The lowest BCUT2D eigenvalue weighted by Gasteiger charge is -2.21. The number of rotatable bonds is 3. The Morgan fingerprint density at radius 1 is 1.55 bits per heavy atom. The second kappa shape index (κ2) is 2.66. The first kappa shape index (κ1) is 7.39. The van der Waals surface area contributed by atoms with Crippen LogP contribution in [0.1, 0.15) is 33.1 Å². The minimum absolute atomic E-state index is 0.942. The van der Waals surface area contributed by atoms with Crippen molar-refractivity contribution in [3.63, 3.8) is 0 Å². The fourth-order valence-electron chi connectivity index (χ4n) is 2.30. The lowest BCUT2D eigenvalue weighted by Crippen LogP contribution is -2.10. The summed E-state index contributed by atoms with van der Waals surface area (Å²) < 4.78 is 0. The molecule has 0 heteroatoms. The van der Waals surface area contributed by atoms with Crippen LogP contribution in [-0.4, -0.2) is 0 Å². The third-order valence-corrected chi connectivity index (χ3v) is 3.42. The van der Waals surface area contributed by atoms with Gasteiger partial charge in [0, 0.05) is 0 Å². The molecule has 0 aromatic heterocycles. The first-order valence-corrected chi connectivity index (χ1v) is 4.94. The summed E-state index contributed by atoms with van der Waals surface area (Å²) >= 11 is 0. The minimum atomic E-state index is 0.942. The average molecular weight is 150 g/mol. The highest BCUT2D eigenvalue weighted by atomic mass is 14.4. The van der Waals surface area contributed by atoms with E-state index in [2.05, 4.69) is 26.0 Å². The molecular weight excluding hydrogens is 132 g/mol. The molecular formula is C11H18. The van der Waals surface area contributed by atoms with Crippen molar-refractivity contribution >= 4 is 0 Å². The van der Waals surface area contributed by atoms with Crippen LogP contribution in [0.3, 0.4) is 0 Å². The van der Waals surface area contributed by atoms with Crippen LogP contribution in [0.2, 0.25) is 0 Å². The molecule has 2 aliphatic carbocycles. The molecule has 0 spiro atoms. The molecule has 0 aromatic carbocycles. The van der Waals surface area contributed by atoms with E-state index in [9.17, 15) is 0 Å². The summed E-state index contributed by atoms with van der Waals surface area (Å²) in [6.45, 7) is 4.82. The maximum Gasteiger partial charge on any atom is -0.0196 e.